The normalized spacial score (nSPS) is 40.5. The maximum absolute atomic E-state index is 5.92. The van der Waals surface area contributed by atoms with Crippen molar-refractivity contribution in [3.63, 3.8) is 0 Å². The quantitative estimate of drug-likeness (QED) is 0.582. The SMILES string of the molecule is C[C@@H]1CCC[C@H](C)C1N.Cl. The Morgan fingerprint density at radius 2 is 1.50 bits per heavy atom. The minimum Gasteiger partial charge on any atom is -0.327 e. The second kappa shape index (κ2) is 4.20. The smallest absolute Gasteiger partial charge is 0.00903 e. The highest BCUT2D eigenvalue weighted by Crippen LogP contribution is 2.26. The van der Waals surface area contributed by atoms with Gasteiger partial charge in [-0.25, -0.2) is 0 Å². The highest BCUT2D eigenvalue weighted by atomic mass is 35.5. The minimum absolute atomic E-state index is 0. The molecule has 2 N–H and O–H groups in total. The Hall–Kier alpha value is 0.250. The van der Waals surface area contributed by atoms with E-state index >= 15 is 0 Å². The van der Waals surface area contributed by atoms with Gasteiger partial charge in [-0.2, -0.15) is 0 Å². The average Bonchev–Trinajstić information content (AvgIpc) is 1.83. The summed E-state index contributed by atoms with van der Waals surface area (Å²) in [7, 11) is 0. The van der Waals surface area contributed by atoms with Crippen LogP contribution in [0, 0.1) is 11.8 Å². The van der Waals surface area contributed by atoms with Crippen LogP contribution < -0.4 is 5.73 Å². The van der Waals surface area contributed by atoms with Gasteiger partial charge in [0.25, 0.3) is 0 Å². The first-order valence-electron chi connectivity index (χ1n) is 3.97. The van der Waals surface area contributed by atoms with Crippen LogP contribution in [-0.4, -0.2) is 6.04 Å². The van der Waals surface area contributed by atoms with Gasteiger partial charge in [-0.05, 0) is 24.7 Å². The molecule has 1 saturated carbocycles. The van der Waals surface area contributed by atoms with Crippen LogP contribution in [0.5, 0.6) is 0 Å². The van der Waals surface area contributed by atoms with Crippen LogP contribution in [0.1, 0.15) is 33.1 Å². The molecule has 3 atom stereocenters. The van der Waals surface area contributed by atoms with Crippen molar-refractivity contribution in [2.45, 2.75) is 39.2 Å². The standard InChI is InChI=1S/C8H17N.ClH/c1-6-4-3-5-7(2)8(6)9;/h6-8H,3-5,9H2,1-2H3;1H/t6-,7+,8?;. The van der Waals surface area contributed by atoms with E-state index in [0.717, 1.165) is 11.8 Å². The van der Waals surface area contributed by atoms with E-state index in [1.165, 1.54) is 19.3 Å². The van der Waals surface area contributed by atoms with Crippen LogP contribution in [0.2, 0.25) is 0 Å². The Labute approximate surface area is 69.8 Å². The monoisotopic (exact) mass is 163 g/mol. The third kappa shape index (κ3) is 2.14. The lowest BCUT2D eigenvalue weighted by molar-refractivity contribution is 0.251. The van der Waals surface area contributed by atoms with Crippen molar-refractivity contribution in [1.82, 2.24) is 0 Å². The van der Waals surface area contributed by atoms with Gasteiger partial charge in [0, 0.05) is 6.04 Å². The fourth-order valence-corrected chi connectivity index (χ4v) is 1.71. The summed E-state index contributed by atoms with van der Waals surface area (Å²) < 4.78 is 0. The summed E-state index contributed by atoms with van der Waals surface area (Å²) in [5.74, 6) is 1.52. The Bertz CT molecular complexity index is 85.3. The van der Waals surface area contributed by atoms with Gasteiger partial charge in [-0.3, -0.25) is 0 Å². The molecular formula is C8H18ClN. The van der Waals surface area contributed by atoms with Crippen molar-refractivity contribution < 1.29 is 0 Å². The zero-order valence-corrected chi connectivity index (χ0v) is 7.66. The molecule has 10 heavy (non-hydrogen) atoms. The Kier molecular flexibility index (Phi) is 4.30. The molecule has 2 heteroatoms. The van der Waals surface area contributed by atoms with E-state index in [-0.39, 0.29) is 12.4 Å². The Morgan fingerprint density at radius 3 is 1.80 bits per heavy atom. The molecule has 0 spiro atoms. The van der Waals surface area contributed by atoms with Gasteiger partial charge >= 0.3 is 0 Å². The molecule has 0 aliphatic heterocycles. The molecular weight excluding hydrogens is 146 g/mol. The number of rotatable bonds is 0. The van der Waals surface area contributed by atoms with Crippen LogP contribution in [0.25, 0.3) is 0 Å². The van der Waals surface area contributed by atoms with Crippen LogP contribution in [-0.2, 0) is 0 Å². The van der Waals surface area contributed by atoms with Crippen molar-refractivity contribution in [2.75, 3.05) is 0 Å². The van der Waals surface area contributed by atoms with Gasteiger partial charge in [-0.15, -0.1) is 12.4 Å². The summed E-state index contributed by atoms with van der Waals surface area (Å²) in [5, 5.41) is 0. The van der Waals surface area contributed by atoms with Crippen LogP contribution >= 0.6 is 12.4 Å². The first-order valence-corrected chi connectivity index (χ1v) is 3.97. The average molecular weight is 164 g/mol. The molecule has 1 aliphatic carbocycles. The zero-order valence-electron chi connectivity index (χ0n) is 6.84. The van der Waals surface area contributed by atoms with Crippen molar-refractivity contribution in [1.29, 1.82) is 0 Å². The molecule has 1 rings (SSSR count). The molecule has 1 nitrogen and oxygen atoms in total. The lowest BCUT2D eigenvalue weighted by atomic mass is 9.79. The first kappa shape index (κ1) is 10.2. The zero-order chi connectivity index (χ0) is 6.85. The molecule has 0 amide bonds. The van der Waals surface area contributed by atoms with E-state index in [0.29, 0.717) is 6.04 Å². The van der Waals surface area contributed by atoms with E-state index in [1.54, 1.807) is 0 Å². The van der Waals surface area contributed by atoms with Gasteiger partial charge in [0.2, 0.25) is 0 Å². The third-order valence-electron chi connectivity index (χ3n) is 2.63. The molecule has 0 aromatic heterocycles. The van der Waals surface area contributed by atoms with Gasteiger partial charge in [0.15, 0.2) is 0 Å². The molecule has 1 aliphatic rings. The van der Waals surface area contributed by atoms with Gasteiger partial charge < -0.3 is 5.73 Å². The largest absolute Gasteiger partial charge is 0.327 e. The molecule has 0 aromatic rings. The second-order valence-electron chi connectivity index (χ2n) is 3.46. The molecule has 0 bridgehead atoms. The molecule has 62 valence electrons. The number of hydrogen-bond acceptors (Lipinski definition) is 1. The second-order valence-corrected chi connectivity index (χ2v) is 3.46. The predicted molar refractivity (Wildman–Crippen MR) is 47.4 cm³/mol. The third-order valence-corrected chi connectivity index (χ3v) is 2.63. The van der Waals surface area contributed by atoms with E-state index in [1.807, 2.05) is 0 Å². The highest BCUT2D eigenvalue weighted by Gasteiger charge is 2.23. The van der Waals surface area contributed by atoms with Crippen molar-refractivity contribution >= 4 is 12.4 Å². The summed E-state index contributed by atoms with van der Waals surface area (Å²) in [6.07, 6.45) is 4.06. The minimum atomic E-state index is 0. The summed E-state index contributed by atoms with van der Waals surface area (Å²) in [6.45, 7) is 4.53. The van der Waals surface area contributed by atoms with Crippen molar-refractivity contribution in [3.8, 4) is 0 Å². The molecule has 1 unspecified atom stereocenters. The molecule has 0 aromatic carbocycles. The van der Waals surface area contributed by atoms with Crippen LogP contribution in [0.15, 0.2) is 0 Å². The van der Waals surface area contributed by atoms with Crippen molar-refractivity contribution in [2.24, 2.45) is 17.6 Å². The highest BCUT2D eigenvalue weighted by molar-refractivity contribution is 5.85. The van der Waals surface area contributed by atoms with E-state index in [4.69, 9.17) is 5.73 Å². The summed E-state index contributed by atoms with van der Waals surface area (Å²) >= 11 is 0. The first-order chi connectivity index (χ1) is 4.22. The maximum Gasteiger partial charge on any atom is 0.00903 e. The number of nitrogens with two attached hydrogens (primary N) is 1. The lowest BCUT2D eigenvalue weighted by Crippen LogP contribution is -2.37. The lowest BCUT2D eigenvalue weighted by Gasteiger charge is -2.31. The van der Waals surface area contributed by atoms with Crippen molar-refractivity contribution in [3.05, 3.63) is 0 Å². The topological polar surface area (TPSA) is 26.0 Å². The number of halogens is 1. The van der Waals surface area contributed by atoms with Gasteiger partial charge in [0.05, 0.1) is 0 Å². The Balaban J connectivity index is 0.000000810. The van der Waals surface area contributed by atoms with E-state index < -0.39 is 0 Å². The predicted octanol–water partition coefficient (Wildman–Crippen LogP) is 2.19. The fourth-order valence-electron chi connectivity index (χ4n) is 1.71. The molecule has 0 saturated heterocycles. The fraction of sp³-hybridized carbons (Fsp3) is 1.00. The molecule has 1 fully saturated rings. The maximum atomic E-state index is 5.92. The van der Waals surface area contributed by atoms with E-state index in [9.17, 15) is 0 Å². The summed E-state index contributed by atoms with van der Waals surface area (Å²) in [4.78, 5) is 0. The van der Waals surface area contributed by atoms with Crippen LogP contribution in [0.4, 0.5) is 0 Å². The molecule has 0 radical (unpaired) electrons. The van der Waals surface area contributed by atoms with Gasteiger partial charge in [-0.1, -0.05) is 20.3 Å². The molecule has 0 heterocycles. The van der Waals surface area contributed by atoms with Crippen LogP contribution in [0.3, 0.4) is 0 Å². The van der Waals surface area contributed by atoms with E-state index in [2.05, 4.69) is 13.8 Å². The van der Waals surface area contributed by atoms with Gasteiger partial charge in [0.1, 0.15) is 0 Å². The summed E-state index contributed by atoms with van der Waals surface area (Å²) in [5.41, 5.74) is 5.92. The number of hydrogen-bond donors (Lipinski definition) is 1. The summed E-state index contributed by atoms with van der Waals surface area (Å²) in [6, 6.07) is 0.471. The Morgan fingerprint density at radius 1 is 1.10 bits per heavy atom.